The molecule has 3 atom stereocenters. The summed E-state index contributed by atoms with van der Waals surface area (Å²) < 4.78 is 10.2. The van der Waals surface area contributed by atoms with Crippen molar-refractivity contribution in [3.05, 3.63) is 0 Å². The Bertz CT molecular complexity index is 547. The molecule has 2 saturated carbocycles. The van der Waals surface area contributed by atoms with E-state index >= 15 is 0 Å². The summed E-state index contributed by atoms with van der Waals surface area (Å²) in [5, 5.41) is 13.2. The predicted octanol–water partition coefficient (Wildman–Crippen LogP) is 1.81. The lowest BCUT2D eigenvalue weighted by atomic mass is 9.81. The topological polar surface area (TPSA) is 102 Å². The van der Waals surface area contributed by atoms with E-state index in [1.165, 1.54) is 7.11 Å². The monoisotopic (exact) mass is 383 g/mol. The Labute approximate surface area is 161 Å². The van der Waals surface area contributed by atoms with Crippen molar-refractivity contribution in [1.29, 1.82) is 0 Å². The molecule has 0 heterocycles. The van der Waals surface area contributed by atoms with Crippen LogP contribution in [0.1, 0.15) is 59.3 Å². The fourth-order valence-corrected chi connectivity index (χ4v) is 4.03. The number of carbonyl (C=O) groups is 3. The van der Waals surface area contributed by atoms with E-state index in [1.54, 1.807) is 0 Å². The van der Waals surface area contributed by atoms with Crippen molar-refractivity contribution in [2.45, 2.75) is 71.0 Å². The fraction of sp³-hybridized carbons (Fsp3) is 0.850. The second-order valence-corrected chi connectivity index (χ2v) is 8.85. The Morgan fingerprint density at radius 2 is 1.56 bits per heavy atom. The van der Waals surface area contributed by atoms with Gasteiger partial charge in [0.2, 0.25) is 5.91 Å². The first kappa shape index (κ1) is 21.7. The van der Waals surface area contributed by atoms with Crippen molar-refractivity contribution in [3.8, 4) is 0 Å². The number of carbonyl (C=O) groups excluding carboxylic acids is 3. The van der Waals surface area contributed by atoms with Crippen molar-refractivity contribution in [2.24, 2.45) is 23.7 Å². The molecule has 2 rings (SSSR count). The molecule has 0 aromatic heterocycles. The van der Waals surface area contributed by atoms with Crippen molar-refractivity contribution in [3.63, 3.8) is 0 Å². The maximum Gasteiger partial charge on any atom is 0.309 e. The third-order valence-corrected chi connectivity index (χ3v) is 5.57. The number of aliphatic hydroxyl groups is 1. The number of methoxy groups -OCH3 is 1. The first-order valence-corrected chi connectivity index (χ1v) is 9.87. The molecule has 0 aromatic carbocycles. The van der Waals surface area contributed by atoms with Gasteiger partial charge in [-0.15, -0.1) is 0 Å². The van der Waals surface area contributed by atoms with E-state index in [4.69, 9.17) is 9.47 Å². The first-order chi connectivity index (χ1) is 12.6. The van der Waals surface area contributed by atoms with E-state index in [9.17, 15) is 19.5 Å². The third kappa shape index (κ3) is 6.19. The molecule has 0 spiro atoms. The van der Waals surface area contributed by atoms with Gasteiger partial charge in [-0.25, -0.2) is 0 Å². The number of rotatable bonds is 5. The van der Waals surface area contributed by atoms with Crippen LogP contribution < -0.4 is 5.32 Å². The highest BCUT2D eigenvalue weighted by molar-refractivity contribution is 5.79. The van der Waals surface area contributed by atoms with Crippen LogP contribution in [-0.4, -0.2) is 48.3 Å². The van der Waals surface area contributed by atoms with Gasteiger partial charge in [-0.3, -0.25) is 14.4 Å². The standard InChI is InChI=1S/C20H33NO6/c1-20(2,3)27-19(25)14-9-15(16(22)10-14)11-21-17(23)12-5-7-13(8-6-12)18(24)26-4/h12-16,22H,5-11H2,1-4H3,(H,21,23)/t12?,13?,14-,15+,16+/m1/s1. The summed E-state index contributed by atoms with van der Waals surface area (Å²) in [5.74, 6) is -1.19. The summed E-state index contributed by atoms with van der Waals surface area (Å²) in [5.41, 5.74) is -0.544. The summed E-state index contributed by atoms with van der Waals surface area (Å²) in [6, 6.07) is 0. The second kappa shape index (κ2) is 9.04. The van der Waals surface area contributed by atoms with Crippen molar-refractivity contribution in [2.75, 3.05) is 13.7 Å². The molecule has 2 fully saturated rings. The van der Waals surface area contributed by atoms with Crippen molar-refractivity contribution in [1.82, 2.24) is 5.32 Å². The zero-order valence-electron chi connectivity index (χ0n) is 16.8. The Hall–Kier alpha value is -1.63. The molecular formula is C20H33NO6. The van der Waals surface area contributed by atoms with Gasteiger partial charge in [0.05, 0.1) is 25.0 Å². The van der Waals surface area contributed by atoms with Crippen LogP contribution in [0.15, 0.2) is 0 Å². The number of hydrogen-bond donors (Lipinski definition) is 2. The van der Waals surface area contributed by atoms with Crippen LogP contribution in [0.25, 0.3) is 0 Å². The van der Waals surface area contributed by atoms with Crippen LogP contribution in [0.5, 0.6) is 0 Å². The molecule has 2 N–H and O–H groups in total. The highest BCUT2D eigenvalue weighted by Crippen LogP contribution is 2.33. The van der Waals surface area contributed by atoms with Gasteiger partial charge in [-0.2, -0.15) is 0 Å². The predicted molar refractivity (Wildman–Crippen MR) is 98.5 cm³/mol. The molecule has 0 aliphatic heterocycles. The van der Waals surface area contributed by atoms with Gasteiger partial charge < -0.3 is 19.9 Å². The average Bonchev–Trinajstić information content (AvgIpc) is 2.98. The lowest BCUT2D eigenvalue weighted by Gasteiger charge is -2.26. The van der Waals surface area contributed by atoms with Gasteiger partial charge in [0.15, 0.2) is 0 Å². The molecule has 1 amide bonds. The quantitative estimate of drug-likeness (QED) is 0.702. The Kier molecular flexibility index (Phi) is 7.25. The maximum absolute atomic E-state index is 12.4. The number of aliphatic hydroxyl groups excluding tert-OH is 1. The molecule has 2 aliphatic carbocycles. The lowest BCUT2D eigenvalue weighted by molar-refractivity contribution is -0.160. The van der Waals surface area contributed by atoms with Gasteiger partial charge in [0.25, 0.3) is 0 Å². The number of ether oxygens (including phenoxy) is 2. The number of amides is 1. The number of hydrogen-bond acceptors (Lipinski definition) is 6. The minimum Gasteiger partial charge on any atom is -0.469 e. The van der Waals surface area contributed by atoms with Crippen LogP contribution in [0, 0.1) is 23.7 Å². The van der Waals surface area contributed by atoms with Crippen molar-refractivity contribution >= 4 is 17.8 Å². The normalized spacial score (nSPS) is 31.2. The van der Waals surface area contributed by atoms with Gasteiger partial charge >= 0.3 is 11.9 Å². The SMILES string of the molecule is COC(=O)C1CCC(C(=O)NC[C@@H]2C[C@@H](C(=O)OC(C)(C)C)C[C@@H]2O)CC1. The zero-order valence-corrected chi connectivity index (χ0v) is 16.8. The van der Waals surface area contributed by atoms with Crippen LogP contribution in [0.2, 0.25) is 0 Å². The summed E-state index contributed by atoms with van der Waals surface area (Å²) in [7, 11) is 1.39. The highest BCUT2D eigenvalue weighted by atomic mass is 16.6. The number of nitrogens with one attached hydrogen (secondary N) is 1. The van der Waals surface area contributed by atoms with Crippen molar-refractivity contribution < 1.29 is 29.0 Å². The van der Waals surface area contributed by atoms with Crippen LogP contribution >= 0.6 is 0 Å². The molecular weight excluding hydrogens is 350 g/mol. The van der Waals surface area contributed by atoms with Crippen LogP contribution in [0.3, 0.4) is 0 Å². The van der Waals surface area contributed by atoms with Gasteiger partial charge in [0, 0.05) is 18.4 Å². The molecule has 7 nitrogen and oxygen atoms in total. The van der Waals surface area contributed by atoms with E-state index in [2.05, 4.69) is 5.32 Å². The second-order valence-electron chi connectivity index (χ2n) is 8.85. The molecule has 0 saturated heterocycles. The zero-order chi connectivity index (χ0) is 20.2. The first-order valence-electron chi connectivity index (χ1n) is 9.87. The molecule has 0 unspecified atom stereocenters. The fourth-order valence-electron chi connectivity index (χ4n) is 4.03. The Balaban J connectivity index is 1.75. The van der Waals surface area contributed by atoms with Crippen LogP contribution in [-0.2, 0) is 23.9 Å². The maximum atomic E-state index is 12.4. The van der Waals surface area contributed by atoms with Gasteiger partial charge in [-0.1, -0.05) is 0 Å². The summed E-state index contributed by atoms with van der Waals surface area (Å²) in [4.78, 5) is 36.2. The molecule has 154 valence electrons. The smallest absolute Gasteiger partial charge is 0.309 e. The minimum absolute atomic E-state index is 0.0359. The molecule has 27 heavy (non-hydrogen) atoms. The van der Waals surface area contributed by atoms with E-state index in [1.807, 2.05) is 20.8 Å². The summed E-state index contributed by atoms with van der Waals surface area (Å²) in [6.07, 6.45) is 2.94. The average molecular weight is 383 g/mol. The summed E-state index contributed by atoms with van der Waals surface area (Å²) in [6.45, 7) is 5.82. The molecule has 0 aromatic rings. The molecule has 0 bridgehead atoms. The van der Waals surface area contributed by atoms with E-state index in [-0.39, 0.29) is 41.5 Å². The highest BCUT2D eigenvalue weighted by Gasteiger charge is 2.39. The van der Waals surface area contributed by atoms with Gasteiger partial charge in [0.1, 0.15) is 5.60 Å². The molecule has 7 heteroatoms. The van der Waals surface area contributed by atoms with E-state index in [0.29, 0.717) is 45.1 Å². The van der Waals surface area contributed by atoms with E-state index < -0.39 is 11.7 Å². The number of esters is 2. The van der Waals surface area contributed by atoms with Crippen LogP contribution in [0.4, 0.5) is 0 Å². The minimum atomic E-state index is -0.613. The largest absolute Gasteiger partial charge is 0.469 e. The molecule has 0 radical (unpaired) electrons. The van der Waals surface area contributed by atoms with E-state index in [0.717, 1.165) is 0 Å². The Morgan fingerprint density at radius 1 is 0.963 bits per heavy atom. The Morgan fingerprint density at radius 3 is 2.11 bits per heavy atom. The third-order valence-electron chi connectivity index (χ3n) is 5.57. The lowest BCUT2D eigenvalue weighted by Crippen LogP contribution is -2.38. The molecule has 2 aliphatic rings. The van der Waals surface area contributed by atoms with Gasteiger partial charge in [-0.05, 0) is 59.3 Å². The summed E-state index contributed by atoms with van der Waals surface area (Å²) >= 11 is 0.